The van der Waals surface area contributed by atoms with Crippen molar-refractivity contribution in [3.05, 3.63) is 22.4 Å². The molecule has 2 rings (SSSR count). The maximum Gasteiger partial charge on any atom is 0.0442 e. The van der Waals surface area contributed by atoms with Gasteiger partial charge in [-0.3, -0.25) is 4.90 Å². The van der Waals surface area contributed by atoms with Gasteiger partial charge in [-0.25, -0.2) is 0 Å². The van der Waals surface area contributed by atoms with Crippen molar-refractivity contribution < 1.29 is 0 Å². The minimum Gasteiger partial charge on any atom is -0.312 e. The quantitative estimate of drug-likeness (QED) is 0.867. The predicted molar refractivity (Wildman–Crippen MR) is 71.0 cm³/mol. The van der Waals surface area contributed by atoms with Crippen LogP contribution in [0.3, 0.4) is 0 Å². The van der Waals surface area contributed by atoms with Crippen molar-refractivity contribution in [1.82, 2.24) is 10.2 Å². The smallest absolute Gasteiger partial charge is 0.0442 e. The lowest BCUT2D eigenvalue weighted by Gasteiger charge is -2.37. The minimum atomic E-state index is 0.632. The topological polar surface area (TPSA) is 15.3 Å². The number of rotatable bonds is 4. The van der Waals surface area contributed by atoms with Crippen LogP contribution in [0.1, 0.15) is 37.6 Å². The second kappa shape index (κ2) is 5.80. The van der Waals surface area contributed by atoms with Gasteiger partial charge in [0.1, 0.15) is 0 Å². The molecule has 0 saturated carbocycles. The average molecular weight is 238 g/mol. The number of hydrogen-bond donors (Lipinski definition) is 1. The second-order valence-electron chi connectivity index (χ2n) is 4.67. The van der Waals surface area contributed by atoms with Gasteiger partial charge in [-0.15, -0.1) is 11.3 Å². The average Bonchev–Trinajstić information content (AvgIpc) is 2.79. The van der Waals surface area contributed by atoms with E-state index >= 15 is 0 Å². The fourth-order valence-electron chi connectivity index (χ4n) is 2.50. The van der Waals surface area contributed by atoms with Crippen LogP contribution in [0.25, 0.3) is 0 Å². The first-order chi connectivity index (χ1) is 7.81. The molecule has 0 bridgehead atoms. The summed E-state index contributed by atoms with van der Waals surface area (Å²) in [6.45, 7) is 8.07. The van der Waals surface area contributed by atoms with E-state index < -0.39 is 0 Å². The monoisotopic (exact) mass is 238 g/mol. The molecule has 0 radical (unpaired) electrons. The van der Waals surface area contributed by atoms with Gasteiger partial charge in [0.15, 0.2) is 0 Å². The third-order valence-electron chi connectivity index (χ3n) is 3.27. The van der Waals surface area contributed by atoms with Crippen molar-refractivity contribution in [2.75, 3.05) is 19.6 Å². The summed E-state index contributed by atoms with van der Waals surface area (Å²) in [5, 5.41) is 5.71. The van der Waals surface area contributed by atoms with Crippen molar-refractivity contribution in [2.45, 2.75) is 38.8 Å². The Labute approximate surface area is 103 Å². The van der Waals surface area contributed by atoms with E-state index in [1.165, 1.54) is 30.8 Å². The van der Waals surface area contributed by atoms with Crippen molar-refractivity contribution in [1.29, 1.82) is 0 Å². The Morgan fingerprint density at radius 2 is 2.50 bits per heavy atom. The third kappa shape index (κ3) is 2.84. The molecule has 3 heteroatoms. The number of hydrogen-bond acceptors (Lipinski definition) is 3. The standard InChI is InChI=1S/C13H22N2S/c1-3-5-12(13-6-4-9-16-13)15-8-7-14-11(2)10-15/h4,6,9,11-12,14H,3,5,7-8,10H2,1-2H3. The van der Waals surface area contributed by atoms with Crippen LogP contribution in [0.15, 0.2) is 17.5 Å². The Hall–Kier alpha value is -0.380. The molecule has 0 amide bonds. The lowest BCUT2D eigenvalue weighted by atomic mass is 10.1. The molecule has 2 heterocycles. The molecule has 1 N–H and O–H groups in total. The summed E-state index contributed by atoms with van der Waals surface area (Å²) in [6.07, 6.45) is 2.55. The van der Waals surface area contributed by atoms with Crippen LogP contribution in [0.4, 0.5) is 0 Å². The lowest BCUT2D eigenvalue weighted by Crippen LogP contribution is -2.50. The molecule has 0 aliphatic carbocycles. The van der Waals surface area contributed by atoms with Gasteiger partial charge >= 0.3 is 0 Å². The van der Waals surface area contributed by atoms with Crippen LogP contribution >= 0.6 is 11.3 Å². The highest BCUT2D eigenvalue weighted by molar-refractivity contribution is 7.10. The van der Waals surface area contributed by atoms with Gasteiger partial charge in [0.25, 0.3) is 0 Å². The van der Waals surface area contributed by atoms with Gasteiger partial charge in [0.05, 0.1) is 0 Å². The van der Waals surface area contributed by atoms with E-state index in [0.29, 0.717) is 12.1 Å². The van der Waals surface area contributed by atoms with Crippen molar-refractivity contribution in [2.24, 2.45) is 0 Å². The largest absolute Gasteiger partial charge is 0.312 e. The summed E-state index contributed by atoms with van der Waals surface area (Å²) in [5.74, 6) is 0. The predicted octanol–water partition coefficient (Wildman–Crippen LogP) is 2.88. The van der Waals surface area contributed by atoms with E-state index in [1.54, 1.807) is 0 Å². The molecule has 90 valence electrons. The maximum atomic E-state index is 3.52. The zero-order chi connectivity index (χ0) is 11.4. The molecule has 1 aliphatic rings. The molecule has 1 aromatic rings. The molecule has 16 heavy (non-hydrogen) atoms. The van der Waals surface area contributed by atoms with E-state index in [9.17, 15) is 0 Å². The van der Waals surface area contributed by atoms with Crippen LogP contribution in [0, 0.1) is 0 Å². The molecule has 2 atom stereocenters. The van der Waals surface area contributed by atoms with Gasteiger partial charge in [0.2, 0.25) is 0 Å². The number of nitrogens with one attached hydrogen (secondary N) is 1. The highest BCUT2D eigenvalue weighted by Crippen LogP contribution is 2.29. The second-order valence-corrected chi connectivity index (χ2v) is 5.65. The van der Waals surface area contributed by atoms with Crippen LogP contribution in [0.2, 0.25) is 0 Å². The lowest BCUT2D eigenvalue weighted by molar-refractivity contribution is 0.143. The molecule has 1 saturated heterocycles. The summed E-state index contributed by atoms with van der Waals surface area (Å²) in [7, 11) is 0. The van der Waals surface area contributed by atoms with E-state index in [0.717, 1.165) is 6.54 Å². The van der Waals surface area contributed by atoms with Crippen molar-refractivity contribution in [3.8, 4) is 0 Å². The SMILES string of the molecule is CCCC(c1cccs1)N1CCNC(C)C1. The Morgan fingerprint density at radius 1 is 1.62 bits per heavy atom. The third-order valence-corrected chi connectivity index (χ3v) is 4.25. The highest BCUT2D eigenvalue weighted by Gasteiger charge is 2.24. The van der Waals surface area contributed by atoms with E-state index in [4.69, 9.17) is 0 Å². The van der Waals surface area contributed by atoms with Gasteiger partial charge in [0, 0.05) is 36.6 Å². The fourth-order valence-corrected chi connectivity index (χ4v) is 3.40. The number of thiophene rings is 1. The summed E-state index contributed by atoms with van der Waals surface area (Å²) in [4.78, 5) is 4.19. The van der Waals surface area contributed by atoms with E-state index in [2.05, 4.69) is 41.6 Å². The molecule has 2 unspecified atom stereocenters. The van der Waals surface area contributed by atoms with Gasteiger partial charge in [-0.1, -0.05) is 19.4 Å². The summed E-state index contributed by atoms with van der Waals surface area (Å²) in [6, 6.07) is 5.74. The van der Waals surface area contributed by atoms with Crippen molar-refractivity contribution in [3.63, 3.8) is 0 Å². The van der Waals surface area contributed by atoms with Crippen molar-refractivity contribution >= 4 is 11.3 Å². The molecule has 1 aliphatic heterocycles. The Balaban J connectivity index is 2.06. The molecule has 2 nitrogen and oxygen atoms in total. The Bertz CT molecular complexity index is 297. The highest BCUT2D eigenvalue weighted by atomic mass is 32.1. The van der Waals surface area contributed by atoms with Crippen LogP contribution < -0.4 is 5.32 Å². The number of piperazine rings is 1. The van der Waals surface area contributed by atoms with E-state index in [1.807, 2.05) is 11.3 Å². The minimum absolute atomic E-state index is 0.632. The first-order valence-corrected chi connectivity index (χ1v) is 7.20. The molecule has 1 aromatic heterocycles. The van der Waals surface area contributed by atoms with Gasteiger partial charge in [-0.05, 0) is 24.8 Å². The molecular formula is C13H22N2S. The molecule has 0 aromatic carbocycles. The fraction of sp³-hybridized carbons (Fsp3) is 0.692. The molecule has 0 spiro atoms. The van der Waals surface area contributed by atoms with Gasteiger partial charge < -0.3 is 5.32 Å². The molecule has 1 fully saturated rings. The summed E-state index contributed by atoms with van der Waals surface area (Å²) < 4.78 is 0. The first kappa shape index (κ1) is 12.1. The Kier molecular flexibility index (Phi) is 4.38. The van der Waals surface area contributed by atoms with Crippen LogP contribution in [-0.4, -0.2) is 30.6 Å². The normalized spacial score (nSPS) is 24.5. The van der Waals surface area contributed by atoms with Gasteiger partial charge in [-0.2, -0.15) is 0 Å². The summed E-state index contributed by atoms with van der Waals surface area (Å²) in [5.41, 5.74) is 0. The first-order valence-electron chi connectivity index (χ1n) is 6.32. The summed E-state index contributed by atoms with van der Waals surface area (Å²) >= 11 is 1.90. The van der Waals surface area contributed by atoms with Crippen LogP contribution in [0.5, 0.6) is 0 Å². The zero-order valence-corrected chi connectivity index (χ0v) is 11.1. The number of nitrogens with zero attached hydrogens (tertiary/aromatic N) is 1. The Morgan fingerprint density at radius 3 is 3.12 bits per heavy atom. The van der Waals surface area contributed by atoms with E-state index in [-0.39, 0.29) is 0 Å². The molecular weight excluding hydrogens is 216 g/mol. The maximum absolute atomic E-state index is 3.52. The van der Waals surface area contributed by atoms with Crippen LogP contribution in [-0.2, 0) is 0 Å². The zero-order valence-electron chi connectivity index (χ0n) is 10.3.